The van der Waals surface area contributed by atoms with E-state index < -0.39 is 0 Å². The third-order valence-corrected chi connectivity index (χ3v) is 4.23. The van der Waals surface area contributed by atoms with Gasteiger partial charge in [-0.05, 0) is 37.5 Å². The Balaban J connectivity index is 2.57. The first-order valence-corrected chi connectivity index (χ1v) is 6.77. The van der Waals surface area contributed by atoms with Gasteiger partial charge in [0.1, 0.15) is 0 Å². The zero-order valence-electron chi connectivity index (χ0n) is 11.9. The fourth-order valence-corrected chi connectivity index (χ4v) is 2.26. The summed E-state index contributed by atoms with van der Waals surface area (Å²) in [6.07, 6.45) is 2.97. The Morgan fingerprint density at radius 2 is 1.94 bits per heavy atom. The Morgan fingerprint density at radius 1 is 1.35 bits per heavy atom. The van der Waals surface area contributed by atoms with Gasteiger partial charge in [-0.15, -0.1) is 0 Å². The van der Waals surface area contributed by atoms with Gasteiger partial charge in [-0.3, -0.25) is 4.79 Å². The second kappa shape index (κ2) is 5.38. The van der Waals surface area contributed by atoms with E-state index >= 15 is 0 Å². The highest BCUT2D eigenvalue weighted by Gasteiger charge is 2.33. The number of hydrogen-bond acceptors (Lipinski definition) is 2. The van der Waals surface area contributed by atoms with Gasteiger partial charge in [-0.1, -0.05) is 27.7 Å². The molecule has 0 saturated heterocycles. The summed E-state index contributed by atoms with van der Waals surface area (Å²) in [5.74, 6) is 0.751. The molecule has 0 bridgehead atoms. The highest BCUT2D eigenvalue weighted by atomic mass is 16.2. The molecule has 4 atom stereocenters. The minimum Gasteiger partial charge on any atom is -0.353 e. The predicted molar refractivity (Wildman–Crippen MR) is 71.5 cm³/mol. The second-order valence-electron chi connectivity index (χ2n) is 6.75. The summed E-state index contributed by atoms with van der Waals surface area (Å²) in [5, 5.41) is 3.15. The van der Waals surface area contributed by atoms with Crippen LogP contribution in [0.3, 0.4) is 0 Å². The largest absolute Gasteiger partial charge is 0.353 e. The molecule has 0 aliphatic heterocycles. The van der Waals surface area contributed by atoms with Gasteiger partial charge >= 0.3 is 0 Å². The molecule has 1 aliphatic rings. The fourth-order valence-electron chi connectivity index (χ4n) is 2.26. The zero-order valence-corrected chi connectivity index (χ0v) is 11.9. The van der Waals surface area contributed by atoms with Crippen LogP contribution in [0, 0.1) is 17.3 Å². The molecular weight excluding hydrogens is 212 g/mol. The van der Waals surface area contributed by atoms with Gasteiger partial charge < -0.3 is 11.1 Å². The van der Waals surface area contributed by atoms with E-state index in [1.807, 2.05) is 0 Å². The molecule has 0 aromatic carbocycles. The van der Waals surface area contributed by atoms with Crippen LogP contribution in [0.5, 0.6) is 0 Å². The average molecular weight is 240 g/mol. The average Bonchev–Trinajstić information content (AvgIpc) is 2.20. The lowest BCUT2D eigenvalue weighted by atomic mass is 9.77. The number of hydrogen-bond donors (Lipinski definition) is 2. The summed E-state index contributed by atoms with van der Waals surface area (Å²) >= 11 is 0. The van der Waals surface area contributed by atoms with Gasteiger partial charge in [0.25, 0.3) is 0 Å². The Labute approximate surface area is 106 Å². The predicted octanol–water partition coefficient (Wildman–Crippen LogP) is 2.30. The van der Waals surface area contributed by atoms with E-state index in [9.17, 15) is 4.79 Å². The molecule has 0 spiro atoms. The summed E-state index contributed by atoms with van der Waals surface area (Å²) in [5.41, 5.74) is 6.07. The van der Waals surface area contributed by atoms with Crippen LogP contribution in [0.4, 0.5) is 0 Å². The van der Waals surface area contributed by atoms with Crippen molar-refractivity contribution in [1.82, 2.24) is 5.32 Å². The smallest absolute Gasteiger partial charge is 0.223 e. The molecule has 1 aliphatic carbocycles. The quantitative estimate of drug-likeness (QED) is 0.778. The summed E-state index contributed by atoms with van der Waals surface area (Å²) in [4.78, 5) is 12.2. The molecule has 1 saturated carbocycles. The Bertz CT molecular complexity index is 270. The van der Waals surface area contributed by atoms with E-state index in [1.54, 1.807) is 0 Å². The van der Waals surface area contributed by atoms with E-state index in [4.69, 9.17) is 5.73 Å². The molecule has 1 fully saturated rings. The number of nitrogens with one attached hydrogen (secondary N) is 1. The lowest BCUT2D eigenvalue weighted by Crippen LogP contribution is -2.47. The summed E-state index contributed by atoms with van der Waals surface area (Å²) in [7, 11) is 0. The van der Waals surface area contributed by atoms with Crippen LogP contribution < -0.4 is 11.1 Å². The molecule has 17 heavy (non-hydrogen) atoms. The van der Waals surface area contributed by atoms with Gasteiger partial charge in [0.15, 0.2) is 0 Å². The molecule has 100 valence electrons. The molecule has 0 aromatic rings. The number of carbonyl (C=O) groups excluding carboxylic acids is 1. The minimum absolute atomic E-state index is 0.101. The first-order chi connectivity index (χ1) is 7.71. The number of carbonyl (C=O) groups is 1. The van der Waals surface area contributed by atoms with Crippen LogP contribution in [-0.4, -0.2) is 18.0 Å². The van der Waals surface area contributed by atoms with Crippen molar-refractivity contribution < 1.29 is 4.79 Å². The molecule has 0 aromatic heterocycles. The number of nitrogens with two attached hydrogens (primary N) is 1. The second-order valence-corrected chi connectivity index (χ2v) is 6.75. The van der Waals surface area contributed by atoms with Crippen molar-refractivity contribution in [2.75, 3.05) is 0 Å². The van der Waals surface area contributed by atoms with Crippen molar-refractivity contribution in [1.29, 1.82) is 0 Å². The van der Waals surface area contributed by atoms with Crippen molar-refractivity contribution in [2.24, 2.45) is 23.0 Å². The summed E-state index contributed by atoms with van der Waals surface area (Å²) in [6, 6.07) is 0.396. The van der Waals surface area contributed by atoms with Gasteiger partial charge in [-0.2, -0.15) is 0 Å². The van der Waals surface area contributed by atoms with E-state index in [0.717, 1.165) is 19.3 Å². The lowest BCUT2D eigenvalue weighted by molar-refractivity contribution is -0.129. The standard InChI is InChI=1S/C14H28N2O/c1-9-6-7-11(15)8-12(9)13(17)16-10(2)14(3,4)5/h9-12H,6-8,15H2,1-5H3,(H,16,17). The van der Waals surface area contributed by atoms with Gasteiger partial charge in [-0.25, -0.2) is 0 Å². The van der Waals surface area contributed by atoms with Crippen LogP contribution in [-0.2, 0) is 4.79 Å². The van der Waals surface area contributed by atoms with E-state index in [0.29, 0.717) is 5.92 Å². The maximum Gasteiger partial charge on any atom is 0.223 e. The number of amides is 1. The Morgan fingerprint density at radius 3 is 2.47 bits per heavy atom. The van der Waals surface area contributed by atoms with E-state index in [1.165, 1.54) is 0 Å². The maximum absolute atomic E-state index is 12.2. The van der Waals surface area contributed by atoms with E-state index in [-0.39, 0.29) is 29.3 Å². The number of rotatable bonds is 2. The Kier molecular flexibility index (Phi) is 4.59. The zero-order chi connectivity index (χ0) is 13.2. The Hall–Kier alpha value is -0.570. The summed E-state index contributed by atoms with van der Waals surface area (Å²) < 4.78 is 0. The molecular formula is C14H28N2O. The van der Waals surface area contributed by atoms with Crippen molar-refractivity contribution in [3.63, 3.8) is 0 Å². The topological polar surface area (TPSA) is 55.1 Å². The highest BCUT2D eigenvalue weighted by Crippen LogP contribution is 2.30. The third kappa shape index (κ3) is 3.98. The normalized spacial score (nSPS) is 32.0. The van der Waals surface area contributed by atoms with Crippen molar-refractivity contribution in [2.45, 2.75) is 66.0 Å². The van der Waals surface area contributed by atoms with Gasteiger partial charge in [0, 0.05) is 18.0 Å². The van der Waals surface area contributed by atoms with Gasteiger partial charge in [0.05, 0.1) is 0 Å². The van der Waals surface area contributed by atoms with Crippen molar-refractivity contribution in [3.8, 4) is 0 Å². The van der Waals surface area contributed by atoms with Crippen LogP contribution in [0.15, 0.2) is 0 Å². The molecule has 3 N–H and O–H groups in total. The molecule has 0 radical (unpaired) electrons. The molecule has 3 heteroatoms. The molecule has 1 amide bonds. The van der Waals surface area contributed by atoms with Crippen LogP contribution >= 0.6 is 0 Å². The van der Waals surface area contributed by atoms with Crippen LogP contribution in [0.1, 0.15) is 53.9 Å². The molecule has 3 nitrogen and oxygen atoms in total. The van der Waals surface area contributed by atoms with Gasteiger partial charge in [0.2, 0.25) is 5.91 Å². The molecule has 1 rings (SSSR count). The van der Waals surface area contributed by atoms with Crippen molar-refractivity contribution in [3.05, 3.63) is 0 Å². The maximum atomic E-state index is 12.2. The monoisotopic (exact) mass is 240 g/mol. The van der Waals surface area contributed by atoms with Crippen LogP contribution in [0.25, 0.3) is 0 Å². The molecule has 4 unspecified atom stereocenters. The first-order valence-electron chi connectivity index (χ1n) is 6.77. The fraction of sp³-hybridized carbons (Fsp3) is 0.929. The minimum atomic E-state index is 0.101. The molecule has 0 heterocycles. The van der Waals surface area contributed by atoms with E-state index in [2.05, 4.69) is 39.9 Å². The third-order valence-electron chi connectivity index (χ3n) is 4.23. The lowest BCUT2D eigenvalue weighted by Gasteiger charge is -2.35. The highest BCUT2D eigenvalue weighted by molar-refractivity contribution is 5.79. The summed E-state index contributed by atoms with van der Waals surface area (Å²) in [6.45, 7) is 10.7. The van der Waals surface area contributed by atoms with Crippen molar-refractivity contribution >= 4 is 5.91 Å². The van der Waals surface area contributed by atoms with Crippen LogP contribution in [0.2, 0.25) is 0 Å². The SMILES string of the molecule is CC1CCC(N)CC1C(=O)NC(C)C(C)(C)C. The first kappa shape index (κ1) is 14.5.